The van der Waals surface area contributed by atoms with Gasteiger partial charge in [-0.2, -0.15) is 0 Å². The number of aryl methyl sites for hydroxylation is 1. The van der Waals surface area contributed by atoms with Crippen molar-refractivity contribution in [3.05, 3.63) is 58.7 Å². The van der Waals surface area contributed by atoms with Crippen molar-refractivity contribution >= 4 is 10.9 Å². The zero-order valence-electron chi connectivity index (χ0n) is 13.1. The second kappa shape index (κ2) is 5.62. The molecule has 1 aliphatic rings. The third-order valence-electron chi connectivity index (χ3n) is 4.43. The predicted octanol–water partition coefficient (Wildman–Crippen LogP) is 1.99. The Kier molecular flexibility index (Phi) is 3.46. The zero-order chi connectivity index (χ0) is 15.8. The number of nitrogens with zero attached hydrogens (tertiary/aromatic N) is 4. The molecule has 0 saturated carbocycles. The summed E-state index contributed by atoms with van der Waals surface area (Å²) in [4.78, 5) is 26.7. The van der Waals surface area contributed by atoms with E-state index in [0.29, 0.717) is 5.39 Å². The number of nitrogens with one attached hydrogen (secondary N) is 1. The van der Waals surface area contributed by atoms with Gasteiger partial charge >= 0.3 is 0 Å². The van der Waals surface area contributed by atoms with Crippen molar-refractivity contribution in [2.24, 2.45) is 7.05 Å². The molecule has 0 aliphatic carbocycles. The average Bonchev–Trinajstić information content (AvgIpc) is 3.17. The van der Waals surface area contributed by atoms with E-state index in [9.17, 15) is 4.79 Å². The van der Waals surface area contributed by atoms with E-state index >= 15 is 0 Å². The number of para-hydroxylation sites is 1. The summed E-state index contributed by atoms with van der Waals surface area (Å²) in [5.41, 5.74) is 1.74. The van der Waals surface area contributed by atoms with Gasteiger partial charge in [0, 0.05) is 19.8 Å². The number of likely N-dealkylation sites (tertiary alicyclic amines) is 1. The van der Waals surface area contributed by atoms with Gasteiger partial charge in [0.15, 0.2) is 0 Å². The van der Waals surface area contributed by atoms with Crippen molar-refractivity contribution in [2.45, 2.75) is 25.4 Å². The smallest absolute Gasteiger partial charge is 0.258 e. The van der Waals surface area contributed by atoms with E-state index < -0.39 is 0 Å². The van der Waals surface area contributed by atoms with Crippen LogP contribution in [0.2, 0.25) is 0 Å². The molecule has 1 atom stereocenters. The number of hydrogen-bond donors (Lipinski definition) is 1. The van der Waals surface area contributed by atoms with Gasteiger partial charge in [0.25, 0.3) is 5.56 Å². The van der Waals surface area contributed by atoms with E-state index in [2.05, 4.69) is 14.9 Å². The average molecular weight is 309 g/mol. The predicted molar refractivity (Wildman–Crippen MR) is 88.0 cm³/mol. The highest BCUT2D eigenvalue weighted by Crippen LogP contribution is 2.31. The number of benzene rings is 1. The van der Waals surface area contributed by atoms with Crippen molar-refractivity contribution in [1.82, 2.24) is 24.4 Å². The monoisotopic (exact) mass is 309 g/mol. The Bertz CT molecular complexity index is 897. The van der Waals surface area contributed by atoms with E-state index in [4.69, 9.17) is 4.98 Å². The summed E-state index contributed by atoms with van der Waals surface area (Å²) in [6.07, 6.45) is 5.96. The number of imidazole rings is 1. The molecule has 1 saturated heterocycles. The van der Waals surface area contributed by atoms with Crippen molar-refractivity contribution in [1.29, 1.82) is 0 Å². The Hall–Kier alpha value is -2.47. The maximum absolute atomic E-state index is 12.3. The number of aromatic amines is 1. The Morgan fingerprint density at radius 2 is 2.22 bits per heavy atom. The van der Waals surface area contributed by atoms with Crippen LogP contribution in [-0.4, -0.2) is 31.0 Å². The van der Waals surface area contributed by atoms with E-state index in [1.807, 2.05) is 48.4 Å². The normalized spacial score (nSPS) is 18.7. The molecule has 1 N–H and O–H groups in total. The lowest BCUT2D eigenvalue weighted by atomic mass is 10.2. The van der Waals surface area contributed by atoms with Gasteiger partial charge in [-0.1, -0.05) is 12.1 Å². The van der Waals surface area contributed by atoms with Crippen LogP contribution < -0.4 is 5.56 Å². The van der Waals surface area contributed by atoms with Crippen molar-refractivity contribution in [2.75, 3.05) is 6.54 Å². The van der Waals surface area contributed by atoms with Crippen LogP contribution in [-0.2, 0) is 13.6 Å². The summed E-state index contributed by atoms with van der Waals surface area (Å²) in [7, 11) is 1.97. The number of hydrogen-bond acceptors (Lipinski definition) is 4. The first-order valence-corrected chi connectivity index (χ1v) is 7.90. The SMILES string of the molecule is Cn1cnc(CN2CCCC2c2nc3ccccc3c(=O)[nH]2)c1. The summed E-state index contributed by atoms with van der Waals surface area (Å²) in [5, 5.41) is 0.644. The second-order valence-corrected chi connectivity index (χ2v) is 6.13. The molecule has 2 aromatic heterocycles. The first-order chi connectivity index (χ1) is 11.2. The first kappa shape index (κ1) is 14.1. The molecular weight excluding hydrogens is 290 g/mol. The Morgan fingerprint density at radius 3 is 3.04 bits per heavy atom. The fraction of sp³-hybridized carbons (Fsp3) is 0.353. The Morgan fingerprint density at radius 1 is 1.35 bits per heavy atom. The van der Waals surface area contributed by atoms with Crippen LogP contribution >= 0.6 is 0 Å². The number of aromatic nitrogens is 4. The third-order valence-corrected chi connectivity index (χ3v) is 4.43. The number of H-pyrrole nitrogens is 1. The molecule has 0 radical (unpaired) electrons. The van der Waals surface area contributed by atoms with Crippen molar-refractivity contribution in [3.63, 3.8) is 0 Å². The molecular formula is C17H19N5O. The van der Waals surface area contributed by atoms with Crippen LogP contribution in [0.15, 0.2) is 41.6 Å². The van der Waals surface area contributed by atoms with Gasteiger partial charge in [0.2, 0.25) is 0 Å². The number of fused-ring (bicyclic) bond motifs is 1. The Balaban J connectivity index is 1.67. The maximum Gasteiger partial charge on any atom is 0.258 e. The summed E-state index contributed by atoms with van der Waals surface area (Å²) in [6.45, 7) is 1.78. The minimum Gasteiger partial charge on any atom is -0.340 e. The van der Waals surface area contributed by atoms with Gasteiger partial charge in [0.05, 0.1) is 29.0 Å². The Labute approximate surface area is 133 Å². The quantitative estimate of drug-likeness (QED) is 0.803. The molecule has 118 valence electrons. The zero-order valence-corrected chi connectivity index (χ0v) is 13.1. The molecule has 1 aliphatic heterocycles. The highest BCUT2D eigenvalue weighted by Gasteiger charge is 2.28. The lowest BCUT2D eigenvalue weighted by Gasteiger charge is -2.22. The van der Waals surface area contributed by atoms with Crippen LogP contribution in [0, 0.1) is 0 Å². The molecule has 0 spiro atoms. The molecule has 1 unspecified atom stereocenters. The van der Waals surface area contributed by atoms with Gasteiger partial charge in [-0.05, 0) is 31.5 Å². The van der Waals surface area contributed by atoms with Crippen LogP contribution in [0.4, 0.5) is 0 Å². The molecule has 1 aromatic carbocycles. The van der Waals surface area contributed by atoms with Crippen LogP contribution in [0.5, 0.6) is 0 Å². The molecule has 3 aromatic rings. The van der Waals surface area contributed by atoms with E-state index in [-0.39, 0.29) is 11.6 Å². The molecule has 3 heterocycles. The van der Waals surface area contributed by atoms with E-state index in [0.717, 1.165) is 43.0 Å². The summed E-state index contributed by atoms with van der Waals surface area (Å²) in [5.74, 6) is 0.766. The first-order valence-electron chi connectivity index (χ1n) is 7.90. The fourth-order valence-electron chi connectivity index (χ4n) is 3.34. The van der Waals surface area contributed by atoms with Crippen LogP contribution in [0.3, 0.4) is 0 Å². The minimum atomic E-state index is -0.0599. The van der Waals surface area contributed by atoms with Crippen molar-refractivity contribution in [3.8, 4) is 0 Å². The standard InChI is InChI=1S/C17H19N5O/c1-21-9-12(18-11-21)10-22-8-4-7-15(22)16-19-14-6-3-2-5-13(14)17(23)20-16/h2-3,5-6,9,11,15H,4,7-8,10H2,1H3,(H,19,20,23). The lowest BCUT2D eigenvalue weighted by molar-refractivity contribution is 0.237. The number of rotatable bonds is 3. The summed E-state index contributed by atoms with van der Waals surface area (Å²) >= 11 is 0. The largest absolute Gasteiger partial charge is 0.340 e. The van der Waals surface area contributed by atoms with Gasteiger partial charge in [-0.25, -0.2) is 9.97 Å². The maximum atomic E-state index is 12.3. The second-order valence-electron chi connectivity index (χ2n) is 6.13. The third kappa shape index (κ3) is 2.66. The van der Waals surface area contributed by atoms with Gasteiger partial charge in [-0.3, -0.25) is 9.69 Å². The van der Waals surface area contributed by atoms with Gasteiger partial charge in [-0.15, -0.1) is 0 Å². The lowest BCUT2D eigenvalue weighted by Crippen LogP contribution is -2.26. The molecule has 0 amide bonds. The van der Waals surface area contributed by atoms with Gasteiger partial charge in [0.1, 0.15) is 5.82 Å². The minimum absolute atomic E-state index is 0.0599. The van der Waals surface area contributed by atoms with E-state index in [1.54, 1.807) is 0 Å². The molecule has 4 rings (SSSR count). The molecule has 23 heavy (non-hydrogen) atoms. The topological polar surface area (TPSA) is 66.8 Å². The highest BCUT2D eigenvalue weighted by molar-refractivity contribution is 5.77. The summed E-state index contributed by atoms with van der Waals surface area (Å²) in [6, 6.07) is 7.63. The highest BCUT2D eigenvalue weighted by atomic mass is 16.1. The van der Waals surface area contributed by atoms with Crippen LogP contribution in [0.1, 0.15) is 30.4 Å². The van der Waals surface area contributed by atoms with Crippen LogP contribution in [0.25, 0.3) is 10.9 Å². The van der Waals surface area contributed by atoms with Crippen molar-refractivity contribution < 1.29 is 0 Å². The molecule has 6 heteroatoms. The summed E-state index contributed by atoms with van der Waals surface area (Å²) < 4.78 is 1.95. The molecule has 6 nitrogen and oxygen atoms in total. The van der Waals surface area contributed by atoms with E-state index in [1.165, 1.54) is 0 Å². The fourth-order valence-corrected chi connectivity index (χ4v) is 3.34. The molecule has 0 bridgehead atoms. The van der Waals surface area contributed by atoms with Gasteiger partial charge < -0.3 is 9.55 Å². The molecule has 1 fully saturated rings.